The van der Waals surface area contributed by atoms with Crippen LogP contribution in [0.5, 0.6) is 0 Å². The molecule has 4 saturated heterocycles. The van der Waals surface area contributed by atoms with Crippen LogP contribution in [0.2, 0.25) is 0 Å². The van der Waals surface area contributed by atoms with E-state index in [0.717, 1.165) is 25.9 Å². The van der Waals surface area contributed by atoms with Crippen LogP contribution in [0.15, 0.2) is 11.3 Å². The number of hydrogen-bond acceptors (Lipinski definition) is 7. The first-order valence-corrected chi connectivity index (χ1v) is 11.7. The Kier molecular flexibility index (Phi) is 5.78. The van der Waals surface area contributed by atoms with Crippen LogP contribution in [0.1, 0.15) is 39.5 Å². The topological polar surface area (TPSA) is 63.6 Å². The van der Waals surface area contributed by atoms with Crippen LogP contribution in [-0.4, -0.2) is 84.6 Å². The van der Waals surface area contributed by atoms with Crippen molar-refractivity contribution in [3.8, 4) is 0 Å². The van der Waals surface area contributed by atoms with E-state index in [2.05, 4.69) is 11.8 Å². The van der Waals surface area contributed by atoms with Crippen molar-refractivity contribution in [3.63, 3.8) is 0 Å². The Hall–Kier alpha value is -0.910. The monoisotopic (exact) mass is 462 g/mol. The van der Waals surface area contributed by atoms with Crippen molar-refractivity contribution < 1.29 is 37.5 Å². The van der Waals surface area contributed by atoms with Crippen LogP contribution >= 0.6 is 0 Å². The number of aliphatic hydroxyl groups is 1. The summed E-state index contributed by atoms with van der Waals surface area (Å²) in [4.78, 5) is 15.9. The number of fused-ring (bicyclic) bond motifs is 2. The smallest absolute Gasteiger partial charge is 0.449 e. The lowest BCUT2D eigenvalue weighted by Gasteiger charge is -2.57. The molecule has 0 aromatic rings. The summed E-state index contributed by atoms with van der Waals surface area (Å²) in [6.45, 7) is 7.42. The molecule has 0 amide bonds. The Morgan fingerprint density at radius 1 is 1.06 bits per heavy atom. The van der Waals surface area contributed by atoms with E-state index in [1.807, 2.05) is 4.90 Å². The first-order chi connectivity index (χ1) is 15.2. The van der Waals surface area contributed by atoms with Gasteiger partial charge in [0.1, 0.15) is 0 Å². The number of nitrogens with zero attached hydrogens (tertiary/aromatic N) is 2. The van der Waals surface area contributed by atoms with Gasteiger partial charge in [0, 0.05) is 57.5 Å². The van der Waals surface area contributed by atoms with Gasteiger partial charge in [-0.2, -0.15) is 13.2 Å². The van der Waals surface area contributed by atoms with Crippen molar-refractivity contribution in [2.75, 3.05) is 45.9 Å². The molecule has 1 N–H and O–H groups in total. The highest BCUT2D eigenvalue weighted by molar-refractivity contribution is 5.29. The number of halogens is 3. The van der Waals surface area contributed by atoms with E-state index in [0.29, 0.717) is 32.5 Å². The number of rotatable bonds is 4. The normalized spacial score (nSPS) is 43.1. The molecule has 1 saturated carbocycles. The van der Waals surface area contributed by atoms with Gasteiger partial charge < -0.3 is 14.6 Å². The average molecular weight is 463 g/mol. The Labute approximate surface area is 186 Å². The molecule has 6 aliphatic rings. The third-order valence-electron chi connectivity index (χ3n) is 8.19. The van der Waals surface area contributed by atoms with Gasteiger partial charge in [0.2, 0.25) is 17.8 Å². The molecule has 1 spiro atoms. The minimum atomic E-state index is -4.61. The molecule has 6 atom stereocenters. The molecule has 5 heterocycles. The maximum Gasteiger partial charge on any atom is 0.449 e. The summed E-state index contributed by atoms with van der Waals surface area (Å²) in [5, 5.41) is 9.16. The number of hydrogen-bond donors (Lipinski definition) is 1. The number of alkyl halides is 3. The van der Waals surface area contributed by atoms with Gasteiger partial charge in [-0.25, -0.2) is 9.78 Å². The zero-order valence-electron chi connectivity index (χ0n) is 18.7. The molecule has 32 heavy (non-hydrogen) atoms. The molecule has 0 aromatic carbocycles. The fourth-order valence-corrected chi connectivity index (χ4v) is 6.47. The van der Waals surface area contributed by atoms with Crippen LogP contribution in [0.25, 0.3) is 0 Å². The van der Waals surface area contributed by atoms with Crippen LogP contribution in [-0.2, 0) is 19.2 Å². The maximum absolute atomic E-state index is 14.2. The predicted octanol–water partition coefficient (Wildman–Crippen LogP) is 2.66. The Morgan fingerprint density at radius 3 is 2.47 bits per heavy atom. The molecule has 6 rings (SSSR count). The highest BCUT2D eigenvalue weighted by atomic mass is 19.4. The Bertz CT molecular complexity index is 756. The third-order valence-corrected chi connectivity index (χ3v) is 8.19. The van der Waals surface area contributed by atoms with Crippen molar-refractivity contribution in [1.29, 1.82) is 0 Å². The number of piperazine rings is 1. The zero-order valence-corrected chi connectivity index (χ0v) is 18.7. The van der Waals surface area contributed by atoms with Crippen molar-refractivity contribution >= 4 is 0 Å². The fraction of sp³-hybridized carbons (Fsp3) is 0.909. The lowest BCUT2D eigenvalue weighted by molar-refractivity contribution is -0.557. The molecule has 7 nitrogen and oxygen atoms in total. The van der Waals surface area contributed by atoms with Gasteiger partial charge >= 0.3 is 6.18 Å². The maximum atomic E-state index is 14.2. The molecule has 182 valence electrons. The summed E-state index contributed by atoms with van der Waals surface area (Å²) in [6.07, 6.45) is -3.00. The van der Waals surface area contributed by atoms with Gasteiger partial charge in [0.25, 0.3) is 0 Å². The lowest BCUT2D eigenvalue weighted by atomic mass is 9.59. The second-order valence-electron chi connectivity index (χ2n) is 10.2. The van der Waals surface area contributed by atoms with Crippen molar-refractivity contribution in [2.24, 2.45) is 17.8 Å². The standard InChI is InChI=1S/C22H33F3N2O5/c1-14-3-4-17-15(13-27-9-7-26(8-10-27)11-12-28)18(22(23,24)25)29-19-21(17)16(14)5-6-20(2,30-19)31-32-21/h14,16-17,19,28H,3-13H2,1-2H3/t14-,16?,17+,19-,20+,21-/m1/s1. The quantitative estimate of drug-likeness (QED) is 0.645. The van der Waals surface area contributed by atoms with Gasteiger partial charge in [0.05, 0.1) is 6.61 Å². The van der Waals surface area contributed by atoms with E-state index in [-0.39, 0.29) is 30.6 Å². The predicted molar refractivity (Wildman–Crippen MR) is 107 cm³/mol. The number of allylic oxidation sites excluding steroid dienone is 1. The van der Waals surface area contributed by atoms with Crippen LogP contribution < -0.4 is 0 Å². The summed E-state index contributed by atoms with van der Waals surface area (Å²) in [6, 6.07) is 0. The third kappa shape index (κ3) is 3.67. The second-order valence-corrected chi connectivity index (χ2v) is 10.2. The highest BCUT2D eigenvalue weighted by Crippen LogP contribution is 2.61. The van der Waals surface area contributed by atoms with Crippen LogP contribution in [0, 0.1) is 17.8 Å². The first-order valence-electron chi connectivity index (χ1n) is 11.7. The van der Waals surface area contributed by atoms with Gasteiger partial charge in [-0.15, -0.1) is 0 Å². The van der Waals surface area contributed by atoms with E-state index in [4.69, 9.17) is 24.4 Å². The van der Waals surface area contributed by atoms with Crippen molar-refractivity contribution in [3.05, 3.63) is 11.3 Å². The van der Waals surface area contributed by atoms with Crippen LogP contribution in [0.3, 0.4) is 0 Å². The minimum Gasteiger partial charge on any atom is -0.456 e. The highest BCUT2D eigenvalue weighted by Gasteiger charge is 2.70. The number of β-amino-alcohol motifs (C(OH)–C–C–N with tert-alkyl or cyclic N) is 1. The summed E-state index contributed by atoms with van der Waals surface area (Å²) in [7, 11) is 0. The molecule has 0 radical (unpaired) electrons. The number of aliphatic hydroxyl groups excluding tert-OH is 1. The van der Waals surface area contributed by atoms with E-state index >= 15 is 0 Å². The Balaban J connectivity index is 1.50. The summed E-state index contributed by atoms with van der Waals surface area (Å²) < 4.78 is 54.4. The van der Waals surface area contributed by atoms with E-state index in [1.54, 1.807) is 6.92 Å². The van der Waals surface area contributed by atoms with Gasteiger partial charge in [-0.05, 0) is 37.7 Å². The summed E-state index contributed by atoms with van der Waals surface area (Å²) >= 11 is 0. The van der Waals surface area contributed by atoms with Crippen molar-refractivity contribution in [2.45, 2.75) is 63.4 Å². The summed E-state index contributed by atoms with van der Waals surface area (Å²) in [5.41, 5.74) is -0.796. The SMILES string of the molecule is C[C@@H]1CC[C@H]2C(CN3CCN(CCO)CC3)=C(C(F)(F)F)O[C@@H]3O[C@]4(C)CCC1[C@]32OO4. The van der Waals surface area contributed by atoms with Crippen LogP contribution in [0.4, 0.5) is 13.2 Å². The van der Waals surface area contributed by atoms with Gasteiger partial charge in [0.15, 0.2) is 5.60 Å². The zero-order chi connectivity index (χ0) is 22.7. The van der Waals surface area contributed by atoms with E-state index < -0.39 is 35.5 Å². The fourth-order valence-electron chi connectivity index (χ4n) is 6.47. The van der Waals surface area contributed by atoms with Gasteiger partial charge in [-0.3, -0.25) is 9.80 Å². The molecule has 0 aromatic heterocycles. The molecule has 2 bridgehead atoms. The average Bonchev–Trinajstić information content (AvgIpc) is 2.97. The molecule has 1 unspecified atom stereocenters. The largest absolute Gasteiger partial charge is 0.456 e. The molecule has 10 heteroatoms. The summed E-state index contributed by atoms with van der Waals surface area (Å²) in [5.74, 6) is -2.21. The molecule has 5 fully saturated rings. The first kappa shape index (κ1) is 22.9. The molecular weight excluding hydrogens is 429 g/mol. The second kappa shape index (κ2) is 8.09. The number of ether oxygens (including phenoxy) is 2. The molecular formula is C22H33F3N2O5. The minimum absolute atomic E-state index is 0.00163. The van der Waals surface area contributed by atoms with Gasteiger partial charge in [-0.1, -0.05) is 6.92 Å². The Morgan fingerprint density at radius 2 is 1.78 bits per heavy atom. The molecule has 1 aliphatic carbocycles. The van der Waals surface area contributed by atoms with Crippen molar-refractivity contribution in [1.82, 2.24) is 9.80 Å². The lowest BCUT2D eigenvalue weighted by Crippen LogP contribution is -2.68. The molecule has 5 aliphatic heterocycles. The van der Waals surface area contributed by atoms with E-state index in [1.165, 1.54) is 0 Å². The van der Waals surface area contributed by atoms with E-state index in [9.17, 15) is 13.2 Å².